The summed E-state index contributed by atoms with van der Waals surface area (Å²) in [5.74, 6) is 0.137. The Labute approximate surface area is 112 Å². The number of hydrogen-bond donors (Lipinski definition) is 1. The number of phenols is 1. The van der Waals surface area contributed by atoms with Crippen LogP contribution in [0.4, 0.5) is 0 Å². The van der Waals surface area contributed by atoms with E-state index in [-0.39, 0.29) is 5.75 Å². The van der Waals surface area contributed by atoms with Gasteiger partial charge in [-0.15, -0.1) is 0 Å². The molecule has 86 valence electrons. The van der Waals surface area contributed by atoms with Gasteiger partial charge in [-0.25, -0.2) is 4.79 Å². The number of carbonyl (C=O) groups is 1. The fourth-order valence-electron chi connectivity index (χ4n) is 1.27. The van der Waals surface area contributed by atoms with Crippen LogP contribution in [0.3, 0.4) is 0 Å². The quantitative estimate of drug-likeness (QED) is 0.519. The molecule has 0 aliphatic heterocycles. The van der Waals surface area contributed by atoms with Gasteiger partial charge in [-0.3, -0.25) is 0 Å². The van der Waals surface area contributed by atoms with Crippen LogP contribution in [0.2, 0.25) is 0 Å². The van der Waals surface area contributed by atoms with Crippen LogP contribution in [0.15, 0.2) is 48.5 Å². The van der Waals surface area contributed by atoms with E-state index in [1.54, 1.807) is 24.3 Å². The number of esters is 1. The molecule has 0 saturated carbocycles. The van der Waals surface area contributed by atoms with E-state index in [0.29, 0.717) is 11.3 Å². The van der Waals surface area contributed by atoms with Crippen molar-refractivity contribution in [2.45, 2.75) is 0 Å². The molecule has 1 N–H and O–H groups in total. The fraction of sp³-hybridized carbons (Fsp3) is 0. The highest BCUT2D eigenvalue weighted by Crippen LogP contribution is 2.17. The maximum atomic E-state index is 11.7. The van der Waals surface area contributed by atoms with Crippen LogP contribution in [-0.4, -0.2) is 11.1 Å². The molecule has 4 heteroatoms. The first kappa shape index (κ1) is 11.9. The predicted octanol–water partition coefficient (Wildman–Crippen LogP) is 3.22. The lowest BCUT2D eigenvalue weighted by molar-refractivity contribution is 0.0734. The van der Waals surface area contributed by atoms with Gasteiger partial charge >= 0.3 is 5.97 Å². The van der Waals surface area contributed by atoms with Crippen molar-refractivity contribution in [2.24, 2.45) is 0 Å². The van der Waals surface area contributed by atoms with Gasteiger partial charge < -0.3 is 9.84 Å². The summed E-state index contributed by atoms with van der Waals surface area (Å²) in [5, 5.41) is 9.10. The van der Waals surface area contributed by atoms with Crippen molar-refractivity contribution in [1.82, 2.24) is 0 Å². The molecular formula is C13H9IO3. The lowest BCUT2D eigenvalue weighted by Crippen LogP contribution is -2.08. The van der Waals surface area contributed by atoms with Crippen LogP contribution in [0.25, 0.3) is 0 Å². The first-order valence-corrected chi connectivity index (χ1v) is 6.00. The van der Waals surface area contributed by atoms with Gasteiger partial charge in [0, 0.05) is 3.57 Å². The van der Waals surface area contributed by atoms with Crippen molar-refractivity contribution in [3.05, 3.63) is 57.7 Å². The summed E-state index contributed by atoms with van der Waals surface area (Å²) in [5.41, 5.74) is 0.499. The molecule has 0 aliphatic rings. The smallest absolute Gasteiger partial charge is 0.343 e. The van der Waals surface area contributed by atoms with E-state index in [1.807, 2.05) is 12.1 Å². The summed E-state index contributed by atoms with van der Waals surface area (Å²) in [6, 6.07) is 13.1. The first-order chi connectivity index (χ1) is 8.15. The molecular weight excluding hydrogens is 331 g/mol. The average Bonchev–Trinajstić information content (AvgIpc) is 2.33. The van der Waals surface area contributed by atoms with Gasteiger partial charge in [0.25, 0.3) is 0 Å². The Bertz CT molecular complexity index is 517. The summed E-state index contributed by atoms with van der Waals surface area (Å²) in [4.78, 5) is 11.7. The maximum Gasteiger partial charge on any atom is 0.343 e. The zero-order chi connectivity index (χ0) is 12.3. The molecule has 0 radical (unpaired) electrons. The Hall–Kier alpha value is -1.56. The zero-order valence-electron chi connectivity index (χ0n) is 8.76. The van der Waals surface area contributed by atoms with E-state index < -0.39 is 5.97 Å². The zero-order valence-corrected chi connectivity index (χ0v) is 10.9. The summed E-state index contributed by atoms with van der Waals surface area (Å²) in [6.45, 7) is 0. The highest BCUT2D eigenvalue weighted by atomic mass is 127. The molecule has 0 fully saturated rings. The minimum absolute atomic E-state index is 0.138. The van der Waals surface area contributed by atoms with Crippen LogP contribution in [0.1, 0.15) is 10.4 Å². The standard InChI is InChI=1S/C13H9IO3/c14-10-3-1-9(2-4-10)13(16)17-12-7-5-11(15)6-8-12/h1-8,15H. The second-order valence-corrected chi connectivity index (χ2v) is 4.64. The Morgan fingerprint density at radius 3 is 2.18 bits per heavy atom. The lowest BCUT2D eigenvalue weighted by atomic mass is 10.2. The highest BCUT2D eigenvalue weighted by Gasteiger charge is 2.07. The normalized spacial score (nSPS) is 9.94. The first-order valence-electron chi connectivity index (χ1n) is 4.92. The Kier molecular flexibility index (Phi) is 3.63. The number of carbonyl (C=O) groups excluding carboxylic acids is 1. The van der Waals surface area contributed by atoms with Crippen LogP contribution >= 0.6 is 22.6 Å². The molecule has 0 amide bonds. The summed E-state index contributed by atoms with van der Waals surface area (Å²) < 4.78 is 6.20. The van der Waals surface area contributed by atoms with Crippen molar-refractivity contribution in [1.29, 1.82) is 0 Å². The highest BCUT2D eigenvalue weighted by molar-refractivity contribution is 14.1. The molecule has 2 aromatic carbocycles. The molecule has 2 rings (SSSR count). The molecule has 0 aliphatic carbocycles. The van der Waals surface area contributed by atoms with Gasteiger partial charge in [0.2, 0.25) is 0 Å². The average molecular weight is 340 g/mol. The van der Waals surface area contributed by atoms with Gasteiger partial charge in [0.15, 0.2) is 0 Å². The maximum absolute atomic E-state index is 11.7. The molecule has 0 spiro atoms. The summed E-state index contributed by atoms with van der Waals surface area (Å²) in [7, 11) is 0. The molecule has 0 aromatic heterocycles. The Morgan fingerprint density at radius 1 is 1.00 bits per heavy atom. The Balaban J connectivity index is 2.11. The van der Waals surface area contributed by atoms with Crippen molar-refractivity contribution in [3.8, 4) is 11.5 Å². The van der Waals surface area contributed by atoms with E-state index in [1.165, 1.54) is 12.1 Å². The molecule has 0 heterocycles. The number of rotatable bonds is 2. The van der Waals surface area contributed by atoms with Crippen LogP contribution in [0, 0.1) is 3.57 Å². The minimum Gasteiger partial charge on any atom is -0.508 e. The van der Waals surface area contributed by atoms with E-state index in [2.05, 4.69) is 22.6 Å². The third-order valence-electron chi connectivity index (χ3n) is 2.13. The number of phenolic OH excluding ortho intramolecular Hbond substituents is 1. The monoisotopic (exact) mass is 340 g/mol. The predicted molar refractivity (Wildman–Crippen MR) is 72.2 cm³/mol. The molecule has 2 aromatic rings. The summed E-state index contributed by atoms with van der Waals surface area (Å²) >= 11 is 2.17. The van der Waals surface area contributed by atoms with Gasteiger partial charge in [-0.2, -0.15) is 0 Å². The van der Waals surface area contributed by atoms with Crippen molar-refractivity contribution < 1.29 is 14.6 Å². The van der Waals surface area contributed by atoms with Crippen LogP contribution in [0.5, 0.6) is 11.5 Å². The van der Waals surface area contributed by atoms with Crippen molar-refractivity contribution in [3.63, 3.8) is 0 Å². The van der Waals surface area contributed by atoms with Gasteiger partial charge in [-0.05, 0) is 71.1 Å². The lowest BCUT2D eigenvalue weighted by Gasteiger charge is -2.04. The fourth-order valence-corrected chi connectivity index (χ4v) is 1.63. The topological polar surface area (TPSA) is 46.5 Å². The number of aromatic hydroxyl groups is 1. The Morgan fingerprint density at radius 2 is 1.59 bits per heavy atom. The second-order valence-electron chi connectivity index (χ2n) is 3.39. The molecule has 0 saturated heterocycles. The number of halogens is 1. The van der Waals surface area contributed by atoms with Crippen molar-refractivity contribution in [2.75, 3.05) is 0 Å². The van der Waals surface area contributed by atoms with Gasteiger partial charge in [0.05, 0.1) is 5.56 Å². The van der Waals surface area contributed by atoms with Gasteiger partial charge in [0.1, 0.15) is 11.5 Å². The second kappa shape index (κ2) is 5.18. The number of hydrogen-bond acceptors (Lipinski definition) is 3. The molecule has 0 bridgehead atoms. The number of benzene rings is 2. The van der Waals surface area contributed by atoms with Crippen LogP contribution in [-0.2, 0) is 0 Å². The third kappa shape index (κ3) is 3.20. The van der Waals surface area contributed by atoms with Crippen molar-refractivity contribution >= 4 is 28.6 Å². The van der Waals surface area contributed by atoms with E-state index in [9.17, 15) is 4.79 Å². The number of ether oxygens (including phenoxy) is 1. The minimum atomic E-state index is -0.410. The van der Waals surface area contributed by atoms with Crippen LogP contribution < -0.4 is 4.74 Å². The van der Waals surface area contributed by atoms with E-state index >= 15 is 0 Å². The molecule has 3 nitrogen and oxygen atoms in total. The van der Waals surface area contributed by atoms with Gasteiger partial charge in [-0.1, -0.05) is 0 Å². The third-order valence-corrected chi connectivity index (χ3v) is 2.85. The molecule has 0 atom stereocenters. The molecule has 0 unspecified atom stereocenters. The summed E-state index contributed by atoms with van der Waals surface area (Å²) in [6.07, 6.45) is 0. The SMILES string of the molecule is O=C(Oc1ccc(O)cc1)c1ccc(I)cc1. The van der Waals surface area contributed by atoms with E-state index in [0.717, 1.165) is 3.57 Å². The molecule has 17 heavy (non-hydrogen) atoms. The largest absolute Gasteiger partial charge is 0.508 e. The van der Waals surface area contributed by atoms with E-state index in [4.69, 9.17) is 9.84 Å².